The minimum atomic E-state index is 0.0833. The standard InChI is InChI=1S/C21H26N4OS/c1-16(2)20-23-10-13-25(20)15-17-7-11-24(12-8-17)21(26)18-5-3-4-6-19(18)27-14-9-22/h3-6,10,13,16-17H,7-8,11-12,14-15H2,1-2H3. The number of nitrogens with zero attached hydrogens (tertiary/aromatic N) is 4. The van der Waals surface area contributed by atoms with Crippen LogP contribution in [0.15, 0.2) is 41.6 Å². The lowest BCUT2D eigenvalue weighted by Gasteiger charge is -2.33. The molecule has 0 bridgehead atoms. The Labute approximate surface area is 165 Å². The Balaban J connectivity index is 1.60. The first-order valence-corrected chi connectivity index (χ1v) is 10.5. The summed E-state index contributed by atoms with van der Waals surface area (Å²) in [6.45, 7) is 6.88. The van der Waals surface area contributed by atoms with Crippen LogP contribution in [0, 0.1) is 17.2 Å². The van der Waals surface area contributed by atoms with Crippen molar-refractivity contribution in [1.82, 2.24) is 14.5 Å². The van der Waals surface area contributed by atoms with Crippen LogP contribution in [-0.4, -0.2) is 39.2 Å². The van der Waals surface area contributed by atoms with Gasteiger partial charge >= 0.3 is 0 Å². The van der Waals surface area contributed by atoms with Gasteiger partial charge in [0.05, 0.1) is 17.4 Å². The molecule has 2 heterocycles. The fraction of sp³-hybridized carbons (Fsp3) is 0.476. The highest BCUT2D eigenvalue weighted by Crippen LogP contribution is 2.27. The van der Waals surface area contributed by atoms with Crippen LogP contribution in [0.1, 0.15) is 48.8 Å². The Hall–Kier alpha value is -2.26. The largest absolute Gasteiger partial charge is 0.339 e. The lowest BCUT2D eigenvalue weighted by atomic mass is 9.96. The van der Waals surface area contributed by atoms with Gasteiger partial charge in [0.15, 0.2) is 0 Å². The number of hydrogen-bond donors (Lipinski definition) is 0. The Morgan fingerprint density at radius 2 is 2.07 bits per heavy atom. The fourth-order valence-electron chi connectivity index (χ4n) is 3.62. The lowest BCUT2D eigenvalue weighted by molar-refractivity contribution is 0.0679. The van der Waals surface area contributed by atoms with Gasteiger partial charge in [-0.2, -0.15) is 5.26 Å². The molecule has 1 fully saturated rings. The molecule has 6 heteroatoms. The number of likely N-dealkylation sites (tertiary alicyclic amines) is 1. The van der Waals surface area contributed by atoms with E-state index in [0.29, 0.717) is 23.2 Å². The maximum absolute atomic E-state index is 13.0. The number of carbonyl (C=O) groups is 1. The average molecular weight is 383 g/mol. The number of thioether (sulfide) groups is 1. The van der Waals surface area contributed by atoms with Crippen molar-refractivity contribution in [2.75, 3.05) is 18.8 Å². The highest BCUT2D eigenvalue weighted by molar-refractivity contribution is 7.99. The molecule has 27 heavy (non-hydrogen) atoms. The normalized spacial score (nSPS) is 15.1. The SMILES string of the molecule is CC(C)c1nccn1CC1CCN(C(=O)c2ccccc2SCC#N)CC1. The molecular weight excluding hydrogens is 356 g/mol. The predicted molar refractivity (Wildman–Crippen MR) is 108 cm³/mol. The zero-order valence-corrected chi connectivity index (χ0v) is 16.8. The summed E-state index contributed by atoms with van der Waals surface area (Å²) in [5.74, 6) is 2.57. The molecule has 1 aliphatic heterocycles. The van der Waals surface area contributed by atoms with E-state index in [1.54, 1.807) is 0 Å². The molecule has 0 saturated carbocycles. The molecule has 0 N–H and O–H groups in total. The van der Waals surface area contributed by atoms with Gasteiger partial charge in [-0.25, -0.2) is 4.98 Å². The van der Waals surface area contributed by atoms with E-state index in [-0.39, 0.29) is 5.91 Å². The maximum atomic E-state index is 13.0. The first-order chi connectivity index (χ1) is 13.1. The molecule has 1 aromatic carbocycles. The molecule has 0 spiro atoms. The summed E-state index contributed by atoms with van der Waals surface area (Å²) in [5.41, 5.74) is 0.716. The zero-order chi connectivity index (χ0) is 19.2. The minimum Gasteiger partial charge on any atom is -0.339 e. The van der Waals surface area contributed by atoms with Gasteiger partial charge in [0.1, 0.15) is 5.82 Å². The minimum absolute atomic E-state index is 0.0833. The van der Waals surface area contributed by atoms with E-state index in [9.17, 15) is 4.79 Å². The van der Waals surface area contributed by atoms with Crippen LogP contribution in [0.3, 0.4) is 0 Å². The van der Waals surface area contributed by atoms with Gasteiger partial charge in [-0.15, -0.1) is 11.8 Å². The number of benzene rings is 1. The fourth-order valence-corrected chi connectivity index (χ4v) is 4.33. The van der Waals surface area contributed by atoms with Crippen LogP contribution >= 0.6 is 11.8 Å². The summed E-state index contributed by atoms with van der Waals surface area (Å²) in [6.07, 6.45) is 5.96. The van der Waals surface area contributed by atoms with Gasteiger partial charge in [-0.1, -0.05) is 26.0 Å². The number of nitriles is 1. The van der Waals surface area contributed by atoms with E-state index in [1.165, 1.54) is 11.8 Å². The van der Waals surface area contributed by atoms with Crippen molar-refractivity contribution in [1.29, 1.82) is 5.26 Å². The molecule has 142 valence electrons. The highest BCUT2D eigenvalue weighted by Gasteiger charge is 2.25. The van der Waals surface area contributed by atoms with Gasteiger partial charge in [-0.3, -0.25) is 4.79 Å². The number of amides is 1. The molecule has 5 nitrogen and oxygen atoms in total. The van der Waals surface area contributed by atoms with Crippen molar-refractivity contribution >= 4 is 17.7 Å². The number of imidazole rings is 1. The summed E-state index contributed by atoms with van der Waals surface area (Å²) in [7, 11) is 0. The molecule has 0 aliphatic carbocycles. The predicted octanol–water partition coefficient (Wildman–Crippen LogP) is 4.17. The summed E-state index contributed by atoms with van der Waals surface area (Å²) < 4.78 is 2.26. The first kappa shape index (κ1) is 19.5. The third-order valence-corrected chi connectivity index (χ3v) is 5.97. The average Bonchev–Trinajstić information content (AvgIpc) is 3.15. The number of piperidine rings is 1. The Morgan fingerprint density at radius 1 is 1.33 bits per heavy atom. The molecule has 0 unspecified atom stereocenters. The van der Waals surface area contributed by atoms with E-state index in [0.717, 1.165) is 43.2 Å². The topological polar surface area (TPSA) is 61.9 Å². The zero-order valence-electron chi connectivity index (χ0n) is 16.0. The van der Waals surface area contributed by atoms with Crippen molar-refractivity contribution in [2.45, 2.75) is 44.0 Å². The molecule has 1 amide bonds. The molecule has 1 saturated heterocycles. The smallest absolute Gasteiger partial charge is 0.254 e. The summed E-state index contributed by atoms with van der Waals surface area (Å²) in [4.78, 5) is 20.3. The molecular formula is C21H26N4OS. The number of hydrogen-bond acceptors (Lipinski definition) is 4. The third-order valence-electron chi connectivity index (χ3n) is 5.03. The quantitative estimate of drug-likeness (QED) is 0.703. The maximum Gasteiger partial charge on any atom is 0.254 e. The molecule has 0 radical (unpaired) electrons. The Kier molecular flexibility index (Phi) is 6.57. The second-order valence-electron chi connectivity index (χ2n) is 7.27. The van der Waals surface area contributed by atoms with Crippen LogP contribution in [0.25, 0.3) is 0 Å². The molecule has 3 rings (SSSR count). The van der Waals surface area contributed by atoms with Crippen molar-refractivity contribution in [3.63, 3.8) is 0 Å². The molecule has 0 atom stereocenters. The summed E-state index contributed by atoms with van der Waals surface area (Å²) in [6, 6.07) is 9.73. The Morgan fingerprint density at radius 3 is 2.78 bits per heavy atom. The van der Waals surface area contributed by atoms with Crippen LogP contribution in [0.5, 0.6) is 0 Å². The molecule has 2 aromatic rings. The monoisotopic (exact) mass is 382 g/mol. The van der Waals surface area contributed by atoms with Crippen LogP contribution in [0.2, 0.25) is 0 Å². The van der Waals surface area contributed by atoms with E-state index in [4.69, 9.17) is 5.26 Å². The van der Waals surface area contributed by atoms with Gasteiger partial charge in [-0.05, 0) is 30.9 Å². The van der Waals surface area contributed by atoms with Gasteiger partial charge in [0.2, 0.25) is 0 Å². The van der Waals surface area contributed by atoms with Crippen molar-refractivity contribution in [3.05, 3.63) is 48.0 Å². The van der Waals surface area contributed by atoms with Crippen molar-refractivity contribution in [2.24, 2.45) is 5.92 Å². The van der Waals surface area contributed by atoms with Crippen LogP contribution in [0.4, 0.5) is 0 Å². The van der Waals surface area contributed by atoms with E-state index < -0.39 is 0 Å². The van der Waals surface area contributed by atoms with Gasteiger partial charge < -0.3 is 9.47 Å². The number of rotatable bonds is 6. The van der Waals surface area contributed by atoms with E-state index in [2.05, 4.69) is 35.7 Å². The van der Waals surface area contributed by atoms with Gasteiger partial charge in [0.25, 0.3) is 5.91 Å². The summed E-state index contributed by atoms with van der Waals surface area (Å²) >= 11 is 1.43. The van der Waals surface area contributed by atoms with Gasteiger partial charge in [0, 0.05) is 42.8 Å². The van der Waals surface area contributed by atoms with Crippen molar-refractivity contribution < 1.29 is 4.79 Å². The third kappa shape index (κ3) is 4.72. The second kappa shape index (κ2) is 9.09. The number of aromatic nitrogens is 2. The Bertz CT molecular complexity index is 816. The lowest BCUT2D eigenvalue weighted by Crippen LogP contribution is -2.39. The molecule has 1 aromatic heterocycles. The van der Waals surface area contributed by atoms with Crippen molar-refractivity contribution in [3.8, 4) is 6.07 Å². The second-order valence-corrected chi connectivity index (χ2v) is 8.29. The van der Waals surface area contributed by atoms with Crippen LogP contribution < -0.4 is 0 Å². The van der Waals surface area contributed by atoms with Crippen LogP contribution in [-0.2, 0) is 6.54 Å². The van der Waals surface area contributed by atoms with E-state index >= 15 is 0 Å². The highest BCUT2D eigenvalue weighted by atomic mass is 32.2. The first-order valence-electron chi connectivity index (χ1n) is 9.49. The van der Waals surface area contributed by atoms with E-state index in [1.807, 2.05) is 35.4 Å². The summed E-state index contributed by atoms with van der Waals surface area (Å²) in [5, 5.41) is 8.82. The number of carbonyl (C=O) groups excluding carboxylic acids is 1. The molecule has 1 aliphatic rings.